The van der Waals surface area contributed by atoms with Crippen LogP contribution in [0.3, 0.4) is 0 Å². The van der Waals surface area contributed by atoms with E-state index >= 15 is 4.79 Å². The summed E-state index contributed by atoms with van der Waals surface area (Å²) in [5, 5.41) is 12.3. The maximum atomic E-state index is 15.1. The van der Waals surface area contributed by atoms with Crippen LogP contribution in [0, 0.1) is 37.5 Å². The molecule has 4 aromatic rings. The summed E-state index contributed by atoms with van der Waals surface area (Å²) in [5.74, 6) is -4.87. The van der Waals surface area contributed by atoms with Crippen LogP contribution >= 0.6 is 11.6 Å². The summed E-state index contributed by atoms with van der Waals surface area (Å²) in [6.07, 6.45) is 2.50. The van der Waals surface area contributed by atoms with Gasteiger partial charge in [0.25, 0.3) is 11.8 Å². The van der Waals surface area contributed by atoms with Crippen LogP contribution < -0.4 is 10.3 Å². The first-order valence-corrected chi connectivity index (χ1v) is 16.9. The Balaban J connectivity index is 1.30. The number of carbonyl (C=O) groups is 4. The fraction of sp³-hybridized carbons (Fsp3) is 0.250. The average molecular weight is 672 g/mol. The van der Waals surface area contributed by atoms with Crippen molar-refractivity contribution >= 4 is 46.6 Å². The number of hydrazine groups is 1. The summed E-state index contributed by atoms with van der Waals surface area (Å²) in [7, 11) is 0. The third kappa shape index (κ3) is 4.57. The van der Waals surface area contributed by atoms with E-state index in [9.17, 15) is 19.5 Å². The number of halogens is 1. The molecule has 0 radical (unpaired) electrons. The summed E-state index contributed by atoms with van der Waals surface area (Å²) in [5.41, 5.74) is 6.74. The van der Waals surface area contributed by atoms with Gasteiger partial charge in [-0.1, -0.05) is 89.5 Å². The number of aryl methyl sites for hydroxylation is 2. The molecule has 8 nitrogen and oxygen atoms in total. The summed E-state index contributed by atoms with van der Waals surface area (Å²) in [6.45, 7) is 3.82. The van der Waals surface area contributed by atoms with Crippen molar-refractivity contribution in [3.63, 3.8) is 0 Å². The van der Waals surface area contributed by atoms with Crippen LogP contribution in [-0.4, -0.2) is 33.7 Å². The van der Waals surface area contributed by atoms with Crippen LogP contribution in [0.5, 0.6) is 5.75 Å². The van der Waals surface area contributed by atoms with Gasteiger partial charge in [0.2, 0.25) is 11.8 Å². The number of phenols is 1. The predicted molar refractivity (Wildman–Crippen MR) is 186 cm³/mol. The largest absolute Gasteiger partial charge is 0.508 e. The van der Waals surface area contributed by atoms with E-state index in [1.165, 1.54) is 4.90 Å². The number of nitrogens with one attached hydrogen (secondary N) is 1. The van der Waals surface area contributed by atoms with Gasteiger partial charge in [-0.3, -0.25) is 24.6 Å². The number of amides is 4. The standard InChI is InChI=1S/C40H34ClN3O5/c1-22-11-14-26(15-12-22)42-44-37(47)32-21-31-29(17-18-30-34(31)38(48)43(36(30)46)27-16-13-23(2)33(41)20-27)35(24-7-6-10-28(45)19-24)40(32,39(44)49)25-8-4-3-5-9-25/h3-17,19-20,30-32,34-35,42,45H,18,21H2,1-2H3/t30-,31+,32-,34-,35-,40+/m0/s1. The minimum absolute atomic E-state index is 0.0228. The zero-order chi connectivity index (χ0) is 34.2. The van der Waals surface area contributed by atoms with Gasteiger partial charge in [0, 0.05) is 10.9 Å². The van der Waals surface area contributed by atoms with Gasteiger partial charge >= 0.3 is 0 Å². The van der Waals surface area contributed by atoms with Gasteiger partial charge < -0.3 is 5.11 Å². The highest BCUT2D eigenvalue weighted by molar-refractivity contribution is 6.32. The van der Waals surface area contributed by atoms with Crippen molar-refractivity contribution in [1.29, 1.82) is 0 Å². The van der Waals surface area contributed by atoms with Crippen LogP contribution in [0.1, 0.15) is 41.0 Å². The van der Waals surface area contributed by atoms with E-state index < -0.39 is 46.8 Å². The highest BCUT2D eigenvalue weighted by Gasteiger charge is 2.70. The van der Waals surface area contributed by atoms with Crippen molar-refractivity contribution in [2.24, 2.45) is 23.7 Å². The molecule has 0 bridgehead atoms. The molecule has 0 unspecified atom stereocenters. The summed E-state index contributed by atoms with van der Waals surface area (Å²) in [6, 6.07) is 28.7. The van der Waals surface area contributed by atoms with Crippen LogP contribution in [-0.2, 0) is 24.6 Å². The fourth-order valence-corrected chi connectivity index (χ4v) is 8.98. The van der Waals surface area contributed by atoms with E-state index in [0.29, 0.717) is 33.9 Å². The number of aromatic hydroxyl groups is 1. The number of carbonyl (C=O) groups excluding carboxylic acids is 4. The molecule has 6 atom stereocenters. The lowest BCUT2D eigenvalue weighted by Crippen LogP contribution is -2.53. The molecule has 2 aliphatic carbocycles. The number of allylic oxidation sites excluding steroid dienone is 2. The molecule has 1 saturated carbocycles. The van der Waals surface area contributed by atoms with Crippen LogP contribution in [0.15, 0.2) is 109 Å². The van der Waals surface area contributed by atoms with Crippen molar-refractivity contribution in [3.05, 3.63) is 136 Å². The van der Waals surface area contributed by atoms with E-state index in [1.54, 1.807) is 36.4 Å². The minimum Gasteiger partial charge on any atom is -0.508 e. The van der Waals surface area contributed by atoms with Crippen LogP contribution in [0.25, 0.3) is 0 Å². The normalized spacial score (nSPS) is 27.5. The quantitative estimate of drug-likeness (QED) is 0.178. The third-order valence-corrected chi connectivity index (χ3v) is 11.4. The fourth-order valence-electron chi connectivity index (χ4n) is 8.80. The molecule has 2 saturated heterocycles. The van der Waals surface area contributed by atoms with Gasteiger partial charge in [-0.2, -0.15) is 5.01 Å². The number of hydrogen-bond acceptors (Lipinski definition) is 6. The van der Waals surface area contributed by atoms with Gasteiger partial charge in [-0.25, -0.2) is 4.90 Å². The number of fused-ring (bicyclic) bond motifs is 4. The van der Waals surface area contributed by atoms with E-state index in [0.717, 1.165) is 21.7 Å². The van der Waals surface area contributed by atoms with Crippen molar-refractivity contribution in [2.45, 2.75) is 38.0 Å². The van der Waals surface area contributed by atoms with E-state index in [1.807, 2.05) is 80.6 Å². The summed E-state index contributed by atoms with van der Waals surface area (Å²) >= 11 is 6.43. The van der Waals surface area contributed by atoms with Crippen molar-refractivity contribution in [2.75, 3.05) is 10.3 Å². The summed E-state index contributed by atoms with van der Waals surface area (Å²) in [4.78, 5) is 59.5. The second kappa shape index (κ2) is 11.4. The Hall–Kier alpha value is -5.21. The van der Waals surface area contributed by atoms with Gasteiger partial charge in [0.15, 0.2) is 0 Å². The molecule has 2 heterocycles. The lowest BCUT2D eigenvalue weighted by molar-refractivity contribution is -0.138. The SMILES string of the molecule is Cc1ccc(NN2C(=O)[C@@H]3C[C@@H]4C(=CC[C@@H]5C(=O)N(c6ccc(C)c(Cl)c6)C(=O)[C@@H]54)[C@H](c4cccc(O)c4)[C@]3(c3ccccc3)C2=O)cc1. The van der Waals surface area contributed by atoms with E-state index in [2.05, 4.69) is 5.43 Å². The van der Waals surface area contributed by atoms with Crippen molar-refractivity contribution in [1.82, 2.24) is 5.01 Å². The Morgan fingerprint density at radius 1 is 0.816 bits per heavy atom. The van der Waals surface area contributed by atoms with Gasteiger partial charge in [0.05, 0.1) is 34.5 Å². The Bertz CT molecular complexity index is 2080. The van der Waals surface area contributed by atoms with Gasteiger partial charge in [-0.15, -0.1) is 0 Å². The third-order valence-electron chi connectivity index (χ3n) is 11.0. The average Bonchev–Trinajstić information content (AvgIpc) is 3.48. The number of hydrogen-bond donors (Lipinski definition) is 2. The highest BCUT2D eigenvalue weighted by Crippen LogP contribution is 2.64. The number of benzene rings is 4. The van der Waals surface area contributed by atoms with Gasteiger partial charge in [-0.05, 0) is 85.7 Å². The van der Waals surface area contributed by atoms with Crippen molar-refractivity contribution in [3.8, 4) is 5.75 Å². The monoisotopic (exact) mass is 671 g/mol. The van der Waals surface area contributed by atoms with Crippen LogP contribution in [0.2, 0.25) is 5.02 Å². The maximum Gasteiger partial charge on any atom is 0.260 e. The highest BCUT2D eigenvalue weighted by atomic mass is 35.5. The molecule has 246 valence electrons. The molecule has 0 spiro atoms. The zero-order valence-corrected chi connectivity index (χ0v) is 27.7. The number of phenolic OH excluding ortho intramolecular Hbond substituents is 1. The second-order valence-electron chi connectivity index (χ2n) is 13.6. The number of anilines is 2. The lowest BCUT2D eigenvalue weighted by Gasteiger charge is -2.50. The Kier molecular flexibility index (Phi) is 7.26. The molecular weight excluding hydrogens is 638 g/mol. The molecule has 0 aromatic heterocycles. The second-order valence-corrected chi connectivity index (χ2v) is 14.0. The molecule has 2 N–H and O–H groups in total. The first kappa shape index (κ1) is 31.1. The summed E-state index contributed by atoms with van der Waals surface area (Å²) < 4.78 is 0. The molecule has 8 rings (SSSR count). The van der Waals surface area contributed by atoms with E-state index in [4.69, 9.17) is 11.6 Å². The number of rotatable bonds is 5. The molecule has 2 aliphatic heterocycles. The maximum absolute atomic E-state index is 15.1. The van der Waals surface area contributed by atoms with Crippen LogP contribution in [0.4, 0.5) is 11.4 Å². The molecular formula is C40H34ClN3O5. The number of nitrogens with zero attached hydrogens (tertiary/aromatic N) is 2. The smallest absolute Gasteiger partial charge is 0.260 e. The minimum atomic E-state index is -1.39. The van der Waals surface area contributed by atoms with E-state index in [-0.39, 0.29) is 24.0 Å². The Labute approximate surface area is 289 Å². The van der Waals surface area contributed by atoms with Crippen molar-refractivity contribution < 1.29 is 24.3 Å². The molecule has 4 aromatic carbocycles. The molecule has 4 amide bonds. The zero-order valence-electron chi connectivity index (χ0n) is 27.0. The number of imide groups is 2. The molecule has 4 aliphatic rings. The Morgan fingerprint density at radius 3 is 2.29 bits per heavy atom. The molecule has 3 fully saturated rings. The first-order chi connectivity index (χ1) is 23.6. The first-order valence-electron chi connectivity index (χ1n) is 16.5. The predicted octanol–water partition coefficient (Wildman–Crippen LogP) is 6.85. The molecule has 9 heteroatoms. The topological polar surface area (TPSA) is 107 Å². The van der Waals surface area contributed by atoms with Gasteiger partial charge in [0.1, 0.15) is 5.75 Å². The molecule has 49 heavy (non-hydrogen) atoms. The Morgan fingerprint density at radius 2 is 1.57 bits per heavy atom. The lowest BCUT2D eigenvalue weighted by atomic mass is 9.49.